The molecule has 21 heteroatoms. The van der Waals surface area contributed by atoms with Crippen LogP contribution in [0.5, 0.6) is 0 Å². The summed E-state index contributed by atoms with van der Waals surface area (Å²) in [6, 6.07) is 0. The van der Waals surface area contributed by atoms with Gasteiger partial charge >= 0.3 is 21.6 Å². The molecular weight excluding hydrogens is 794 g/mol. The largest absolute Gasteiger partial charge is 0.481 e. The number of aliphatic hydroxyl groups is 1. The second kappa shape index (κ2) is 16.6. The summed E-state index contributed by atoms with van der Waals surface area (Å²) >= 11 is 0. The molecule has 0 aromatic carbocycles. The van der Waals surface area contributed by atoms with Crippen molar-refractivity contribution in [1.29, 1.82) is 0 Å². The van der Waals surface area contributed by atoms with Gasteiger partial charge < -0.3 is 34.5 Å². The Bertz CT molecular complexity index is 1820. The van der Waals surface area contributed by atoms with E-state index in [9.17, 15) is 52.8 Å². The second-order valence-corrected chi connectivity index (χ2v) is 19.0. The van der Waals surface area contributed by atoms with Gasteiger partial charge in [-0.15, -0.1) is 5.06 Å². The van der Waals surface area contributed by atoms with Crippen LogP contribution in [0.25, 0.3) is 0 Å². The molecule has 0 bridgehead atoms. The molecule has 0 aromatic rings. The van der Waals surface area contributed by atoms with Crippen LogP contribution < -0.4 is 5.32 Å². The van der Waals surface area contributed by atoms with Crippen molar-refractivity contribution in [3.63, 3.8) is 0 Å². The number of ketones is 2. The molecular formula is C36H50N2O17P2. The van der Waals surface area contributed by atoms with Crippen LogP contribution in [0.1, 0.15) is 91.4 Å². The van der Waals surface area contributed by atoms with E-state index in [0.29, 0.717) is 37.2 Å². The molecule has 6 rings (SSSR count). The molecule has 3 saturated carbocycles. The van der Waals surface area contributed by atoms with Crippen molar-refractivity contribution in [2.75, 3.05) is 19.8 Å². The summed E-state index contributed by atoms with van der Waals surface area (Å²) in [6.45, 7) is 3.74. The summed E-state index contributed by atoms with van der Waals surface area (Å²) in [6.07, 6.45) is 4.97. The molecule has 5 fully saturated rings. The highest BCUT2D eigenvalue weighted by molar-refractivity contribution is 7.61. The van der Waals surface area contributed by atoms with E-state index in [1.165, 1.54) is 6.08 Å². The van der Waals surface area contributed by atoms with Gasteiger partial charge in [0.2, 0.25) is 5.91 Å². The van der Waals surface area contributed by atoms with Crippen LogP contribution in [0.15, 0.2) is 23.8 Å². The van der Waals surface area contributed by atoms with Crippen LogP contribution in [0.3, 0.4) is 0 Å². The first-order valence-corrected chi connectivity index (χ1v) is 22.2. The van der Waals surface area contributed by atoms with Gasteiger partial charge in [-0.25, -0.2) is 13.9 Å². The number of amides is 3. The van der Waals surface area contributed by atoms with E-state index in [2.05, 4.69) is 9.63 Å². The quantitative estimate of drug-likeness (QED) is 0.0931. The first-order valence-electron chi connectivity index (χ1n) is 19.2. The van der Waals surface area contributed by atoms with E-state index in [4.69, 9.17) is 23.4 Å². The lowest BCUT2D eigenvalue weighted by Crippen LogP contribution is -2.63. The zero-order chi connectivity index (χ0) is 41.6. The van der Waals surface area contributed by atoms with Crippen LogP contribution in [-0.4, -0.2) is 99.1 Å². The van der Waals surface area contributed by atoms with Crippen LogP contribution in [0.2, 0.25) is 0 Å². The predicted molar refractivity (Wildman–Crippen MR) is 192 cm³/mol. The number of hydrogen-bond acceptors (Lipinski definition) is 15. The predicted octanol–water partition coefficient (Wildman–Crippen LogP) is 2.87. The Morgan fingerprint density at radius 2 is 1.74 bits per heavy atom. The van der Waals surface area contributed by atoms with Gasteiger partial charge in [0.25, 0.3) is 11.8 Å². The van der Waals surface area contributed by atoms with Gasteiger partial charge in [-0.05, 0) is 62.5 Å². The standard InChI is InChI=1S/C36H50N2O17P2/c1-4-6-32-52-27-18-24-23-10-9-21-17-22(39)13-14-34(21,2)33(23)25(40)19-35(24,3)36(27,53-32)26(41)20-51-57(48,49)55-56(46,47)50-16-15-37-28(42)7-5-8-31(45)54-38-29(43)11-12-30(38)44/h13-14,17,23-25,27,32-33,40H,4-12,15-16,18-20H2,1-3H3,(H,37,42)(H,46,47)(H,48,49)/t23-,24-,25-,27+,32?,33+,34-,35-,36+/m0/s1. The number of fused-ring (bicyclic) bond motifs is 7. The average molecular weight is 845 g/mol. The van der Waals surface area contributed by atoms with Gasteiger partial charge in [0, 0.05) is 49.0 Å². The summed E-state index contributed by atoms with van der Waals surface area (Å²) < 4.78 is 52.4. The number of carbonyl (C=O) groups excluding carboxylic acids is 6. The van der Waals surface area contributed by atoms with Crippen LogP contribution in [-0.2, 0) is 65.6 Å². The third kappa shape index (κ3) is 8.56. The number of allylic oxidation sites excluding steroid dienone is 4. The molecule has 6 aliphatic rings. The summed E-state index contributed by atoms with van der Waals surface area (Å²) in [5.41, 5.74) is -2.30. The fourth-order valence-electron chi connectivity index (χ4n) is 10.1. The third-order valence-electron chi connectivity index (χ3n) is 12.5. The lowest BCUT2D eigenvalue weighted by molar-refractivity contribution is -0.200. The molecule has 19 nitrogen and oxygen atoms in total. The van der Waals surface area contributed by atoms with Gasteiger partial charge in [-0.2, -0.15) is 4.31 Å². The molecule has 4 N–H and O–H groups in total. The Hall–Kier alpha value is -2.96. The number of imide groups is 1. The Balaban J connectivity index is 1.02. The van der Waals surface area contributed by atoms with Crippen molar-refractivity contribution < 1.29 is 80.5 Å². The maximum atomic E-state index is 14.3. The molecule has 57 heavy (non-hydrogen) atoms. The monoisotopic (exact) mass is 844 g/mol. The van der Waals surface area contributed by atoms with Crippen LogP contribution in [0, 0.1) is 28.6 Å². The minimum absolute atomic E-state index is 0.00824. The van der Waals surface area contributed by atoms with Crippen LogP contribution >= 0.6 is 15.6 Å². The van der Waals surface area contributed by atoms with Crippen molar-refractivity contribution in [2.45, 2.75) is 115 Å². The SMILES string of the molecule is CCCC1O[C@@H]2C[C@H]3[C@@H]4CCC5=CC(=O)C=C[C@]5(C)[C@H]4[C@@H](O)C[C@]3(C)[C@]2(C(=O)COP(=O)(O)OP(=O)(O)OCCNC(=O)CCCC(=O)ON2C(=O)CCC2=O)O1. The van der Waals surface area contributed by atoms with Crippen molar-refractivity contribution in [2.24, 2.45) is 28.6 Å². The normalized spacial score (nSPS) is 36.4. The van der Waals surface area contributed by atoms with Crippen molar-refractivity contribution in [3.8, 4) is 0 Å². The zero-order valence-corrected chi connectivity index (χ0v) is 33.8. The number of ether oxygens (including phenoxy) is 2. The van der Waals surface area contributed by atoms with E-state index in [1.807, 2.05) is 26.8 Å². The Morgan fingerprint density at radius 1 is 1.04 bits per heavy atom. The number of carbonyl (C=O) groups is 6. The molecule has 316 valence electrons. The summed E-state index contributed by atoms with van der Waals surface area (Å²) in [5.74, 6) is -4.10. The van der Waals surface area contributed by atoms with Crippen molar-refractivity contribution in [3.05, 3.63) is 23.8 Å². The number of hydroxylamine groups is 2. The molecule has 0 aromatic heterocycles. The van der Waals surface area contributed by atoms with E-state index < -0.39 is 93.3 Å². The smallest absolute Gasteiger partial charge is 0.393 e. The molecule has 3 unspecified atom stereocenters. The highest BCUT2D eigenvalue weighted by atomic mass is 31.3. The van der Waals surface area contributed by atoms with Gasteiger partial charge in [-0.1, -0.05) is 38.8 Å². The number of nitrogens with zero attached hydrogens (tertiary/aromatic N) is 1. The van der Waals surface area contributed by atoms with E-state index >= 15 is 0 Å². The maximum absolute atomic E-state index is 14.3. The Kier molecular flexibility index (Phi) is 12.7. The molecule has 3 amide bonds. The first-order chi connectivity index (χ1) is 26.7. The lowest BCUT2D eigenvalue weighted by atomic mass is 9.46. The van der Waals surface area contributed by atoms with Gasteiger partial charge in [-0.3, -0.25) is 33.0 Å². The zero-order valence-electron chi connectivity index (χ0n) is 32.0. The van der Waals surface area contributed by atoms with E-state index in [1.54, 1.807) is 6.08 Å². The van der Waals surface area contributed by atoms with E-state index in [-0.39, 0.29) is 68.6 Å². The molecule has 0 radical (unpaired) electrons. The number of nitrogens with one attached hydrogen (secondary N) is 1. The van der Waals surface area contributed by atoms with Gasteiger partial charge in [0.15, 0.2) is 23.5 Å². The average Bonchev–Trinajstić information content (AvgIpc) is 3.73. The van der Waals surface area contributed by atoms with Gasteiger partial charge in [0.05, 0.1) is 18.8 Å². The second-order valence-electron chi connectivity index (χ2n) is 15.9. The highest BCUT2D eigenvalue weighted by Crippen LogP contribution is 2.70. The lowest BCUT2D eigenvalue weighted by Gasteiger charge is -2.59. The minimum Gasteiger partial charge on any atom is -0.393 e. The fourth-order valence-corrected chi connectivity index (χ4v) is 12.1. The van der Waals surface area contributed by atoms with Crippen molar-refractivity contribution in [1.82, 2.24) is 10.4 Å². The summed E-state index contributed by atoms with van der Waals surface area (Å²) in [4.78, 5) is 98.9. The first kappa shape index (κ1) is 43.6. The molecule has 2 saturated heterocycles. The van der Waals surface area contributed by atoms with Crippen molar-refractivity contribution >= 4 is 50.9 Å². The number of phosphoric acid groups is 2. The molecule has 2 aliphatic heterocycles. The number of hydrogen-bond donors (Lipinski definition) is 4. The van der Waals surface area contributed by atoms with E-state index in [0.717, 1.165) is 5.57 Å². The number of Topliss-reactive ketones (excluding diaryl/α,β-unsaturated/α-hetero) is 1. The minimum atomic E-state index is -5.43. The Labute approximate surface area is 328 Å². The number of phosphoric ester groups is 2. The third-order valence-corrected chi connectivity index (χ3v) is 15.1. The Morgan fingerprint density at radius 3 is 2.44 bits per heavy atom. The fraction of sp³-hybridized carbons (Fsp3) is 0.722. The van der Waals surface area contributed by atoms with Crippen LogP contribution in [0.4, 0.5) is 0 Å². The number of rotatable bonds is 17. The topological polar surface area (TPSA) is 268 Å². The molecule has 11 atom stereocenters. The highest BCUT2D eigenvalue weighted by Gasteiger charge is 2.76. The maximum Gasteiger partial charge on any atom is 0.481 e. The summed E-state index contributed by atoms with van der Waals surface area (Å²) in [7, 11) is -10.7. The molecule has 0 spiro atoms. The molecule has 4 aliphatic carbocycles. The van der Waals surface area contributed by atoms with Gasteiger partial charge in [0.1, 0.15) is 6.61 Å². The molecule has 2 heterocycles. The summed E-state index contributed by atoms with van der Waals surface area (Å²) in [5, 5.41) is 14.6. The number of aliphatic hydroxyl groups excluding tert-OH is 1.